The first kappa shape index (κ1) is 9.69. The van der Waals surface area contributed by atoms with Gasteiger partial charge in [0.05, 0.1) is 0 Å². The molecule has 14 heavy (non-hydrogen) atoms. The van der Waals surface area contributed by atoms with E-state index in [0.717, 1.165) is 19.5 Å². The molecule has 76 valence electrons. The van der Waals surface area contributed by atoms with Crippen molar-refractivity contribution in [3.05, 3.63) is 34.9 Å². The normalized spacial score (nSPS) is 16.7. The van der Waals surface area contributed by atoms with Crippen LogP contribution < -0.4 is 5.73 Å². The molecule has 2 rings (SSSR count). The first-order valence-corrected chi connectivity index (χ1v) is 5.29. The Kier molecular flexibility index (Phi) is 2.85. The minimum Gasteiger partial charge on any atom is -0.330 e. The maximum atomic E-state index is 5.55. The van der Waals surface area contributed by atoms with Gasteiger partial charge >= 0.3 is 0 Å². The van der Waals surface area contributed by atoms with Crippen LogP contribution in [-0.4, -0.2) is 25.0 Å². The van der Waals surface area contributed by atoms with Crippen LogP contribution in [0.2, 0.25) is 0 Å². The zero-order chi connectivity index (χ0) is 9.97. The minimum absolute atomic E-state index is 0.749. The standard InChI is InChI=1S/C12H18N2/c1-14-7-5-11-8-10(4-6-13)2-3-12(11)9-14/h2-3,8H,4-7,9,13H2,1H3. The molecule has 1 aromatic carbocycles. The van der Waals surface area contributed by atoms with Crippen molar-refractivity contribution >= 4 is 0 Å². The molecule has 0 radical (unpaired) electrons. The van der Waals surface area contributed by atoms with Gasteiger partial charge < -0.3 is 10.6 Å². The molecule has 0 saturated carbocycles. The van der Waals surface area contributed by atoms with Crippen molar-refractivity contribution in [1.82, 2.24) is 4.90 Å². The lowest BCUT2D eigenvalue weighted by atomic mass is 9.97. The maximum absolute atomic E-state index is 5.55. The van der Waals surface area contributed by atoms with Crippen LogP contribution in [0.4, 0.5) is 0 Å². The zero-order valence-corrected chi connectivity index (χ0v) is 8.79. The van der Waals surface area contributed by atoms with Crippen molar-refractivity contribution < 1.29 is 0 Å². The van der Waals surface area contributed by atoms with Crippen LogP contribution in [0.1, 0.15) is 16.7 Å². The molecule has 0 amide bonds. The van der Waals surface area contributed by atoms with Crippen molar-refractivity contribution in [3.8, 4) is 0 Å². The number of nitrogens with zero attached hydrogens (tertiary/aromatic N) is 1. The Morgan fingerprint density at radius 2 is 2.21 bits per heavy atom. The van der Waals surface area contributed by atoms with Crippen molar-refractivity contribution in [1.29, 1.82) is 0 Å². The first-order chi connectivity index (χ1) is 6.79. The van der Waals surface area contributed by atoms with Gasteiger partial charge in [-0.2, -0.15) is 0 Å². The topological polar surface area (TPSA) is 29.3 Å². The SMILES string of the molecule is CN1CCc2cc(CCN)ccc2C1. The molecule has 1 aromatic rings. The van der Waals surface area contributed by atoms with Gasteiger partial charge in [0.25, 0.3) is 0 Å². The van der Waals surface area contributed by atoms with E-state index in [0.29, 0.717) is 0 Å². The van der Waals surface area contributed by atoms with Crippen molar-refractivity contribution in [2.24, 2.45) is 5.73 Å². The quantitative estimate of drug-likeness (QED) is 0.758. The molecule has 0 fully saturated rings. The van der Waals surface area contributed by atoms with Crippen molar-refractivity contribution in [2.45, 2.75) is 19.4 Å². The van der Waals surface area contributed by atoms with E-state index < -0.39 is 0 Å². The molecule has 0 spiro atoms. The number of fused-ring (bicyclic) bond motifs is 1. The van der Waals surface area contributed by atoms with Crippen LogP contribution in [0.3, 0.4) is 0 Å². The lowest BCUT2D eigenvalue weighted by Gasteiger charge is -2.25. The van der Waals surface area contributed by atoms with Crippen LogP contribution in [0.25, 0.3) is 0 Å². The van der Waals surface area contributed by atoms with Gasteiger partial charge in [-0.05, 0) is 43.1 Å². The molecule has 2 N–H and O–H groups in total. The Balaban J connectivity index is 2.22. The Labute approximate surface area is 85.7 Å². The van der Waals surface area contributed by atoms with Gasteiger partial charge in [-0.3, -0.25) is 0 Å². The van der Waals surface area contributed by atoms with E-state index in [1.807, 2.05) is 0 Å². The number of likely N-dealkylation sites (N-methyl/N-ethyl adjacent to an activating group) is 1. The highest BCUT2D eigenvalue weighted by molar-refractivity contribution is 5.33. The summed E-state index contributed by atoms with van der Waals surface area (Å²) in [6.07, 6.45) is 2.19. The molecular weight excluding hydrogens is 172 g/mol. The number of hydrogen-bond donors (Lipinski definition) is 1. The second kappa shape index (κ2) is 4.11. The monoisotopic (exact) mass is 190 g/mol. The Hall–Kier alpha value is -0.860. The zero-order valence-electron chi connectivity index (χ0n) is 8.79. The van der Waals surface area contributed by atoms with Crippen LogP contribution in [0.5, 0.6) is 0 Å². The molecule has 2 heteroatoms. The molecule has 0 aliphatic carbocycles. The molecule has 0 saturated heterocycles. The van der Waals surface area contributed by atoms with Gasteiger partial charge in [-0.1, -0.05) is 18.2 Å². The average molecular weight is 190 g/mol. The molecule has 0 bridgehead atoms. The highest BCUT2D eigenvalue weighted by atomic mass is 15.1. The van der Waals surface area contributed by atoms with Crippen molar-refractivity contribution in [3.63, 3.8) is 0 Å². The third-order valence-corrected chi connectivity index (χ3v) is 2.91. The molecule has 0 unspecified atom stereocenters. The van der Waals surface area contributed by atoms with E-state index >= 15 is 0 Å². The number of rotatable bonds is 2. The maximum Gasteiger partial charge on any atom is 0.0233 e. The van der Waals surface area contributed by atoms with Gasteiger partial charge in [-0.25, -0.2) is 0 Å². The molecule has 0 aromatic heterocycles. The predicted molar refractivity (Wildman–Crippen MR) is 59.2 cm³/mol. The summed E-state index contributed by atoms with van der Waals surface area (Å²) in [5, 5.41) is 0. The summed E-state index contributed by atoms with van der Waals surface area (Å²) in [5.41, 5.74) is 9.94. The summed E-state index contributed by atoms with van der Waals surface area (Å²) < 4.78 is 0. The largest absolute Gasteiger partial charge is 0.330 e. The van der Waals surface area contributed by atoms with E-state index in [1.54, 1.807) is 0 Å². The van der Waals surface area contributed by atoms with Crippen LogP contribution in [0, 0.1) is 0 Å². The van der Waals surface area contributed by atoms with Gasteiger partial charge in [0.15, 0.2) is 0 Å². The summed E-state index contributed by atoms with van der Waals surface area (Å²) in [4.78, 5) is 2.37. The van der Waals surface area contributed by atoms with Crippen LogP contribution in [0.15, 0.2) is 18.2 Å². The number of nitrogens with two attached hydrogens (primary N) is 1. The fourth-order valence-corrected chi connectivity index (χ4v) is 2.07. The average Bonchev–Trinajstić information content (AvgIpc) is 2.19. The Morgan fingerprint density at radius 1 is 1.36 bits per heavy atom. The minimum atomic E-state index is 0.749. The lowest BCUT2D eigenvalue weighted by Crippen LogP contribution is -2.26. The molecular formula is C12H18N2. The number of hydrogen-bond acceptors (Lipinski definition) is 2. The lowest BCUT2D eigenvalue weighted by molar-refractivity contribution is 0.313. The van der Waals surface area contributed by atoms with E-state index in [4.69, 9.17) is 5.73 Å². The summed E-state index contributed by atoms with van der Waals surface area (Å²) in [6, 6.07) is 6.80. The third kappa shape index (κ3) is 1.97. The smallest absolute Gasteiger partial charge is 0.0233 e. The summed E-state index contributed by atoms with van der Waals surface area (Å²) >= 11 is 0. The van der Waals surface area contributed by atoms with E-state index in [2.05, 4.69) is 30.1 Å². The molecule has 1 aliphatic heterocycles. The molecule has 0 atom stereocenters. The Bertz CT molecular complexity index is 320. The second-order valence-electron chi connectivity index (χ2n) is 4.13. The van der Waals surface area contributed by atoms with Gasteiger partial charge in [0.2, 0.25) is 0 Å². The second-order valence-corrected chi connectivity index (χ2v) is 4.13. The van der Waals surface area contributed by atoms with E-state index in [-0.39, 0.29) is 0 Å². The highest BCUT2D eigenvalue weighted by Gasteiger charge is 2.12. The summed E-state index contributed by atoms with van der Waals surface area (Å²) in [5.74, 6) is 0. The molecule has 2 nitrogen and oxygen atoms in total. The fraction of sp³-hybridized carbons (Fsp3) is 0.500. The molecule has 1 aliphatic rings. The summed E-state index contributed by atoms with van der Waals surface area (Å²) in [7, 11) is 2.18. The highest BCUT2D eigenvalue weighted by Crippen LogP contribution is 2.19. The van der Waals surface area contributed by atoms with Crippen LogP contribution >= 0.6 is 0 Å². The van der Waals surface area contributed by atoms with Crippen LogP contribution in [-0.2, 0) is 19.4 Å². The summed E-state index contributed by atoms with van der Waals surface area (Å²) in [6.45, 7) is 3.02. The fourth-order valence-electron chi connectivity index (χ4n) is 2.07. The van der Waals surface area contributed by atoms with E-state index in [1.165, 1.54) is 29.7 Å². The third-order valence-electron chi connectivity index (χ3n) is 2.91. The van der Waals surface area contributed by atoms with Gasteiger partial charge in [0.1, 0.15) is 0 Å². The van der Waals surface area contributed by atoms with E-state index in [9.17, 15) is 0 Å². The Morgan fingerprint density at radius 3 is 3.00 bits per heavy atom. The molecule has 1 heterocycles. The first-order valence-electron chi connectivity index (χ1n) is 5.29. The van der Waals surface area contributed by atoms with Gasteiger partial charge in [-0.15, -0.1) is 0 Å². The predicted octanol–water partition coefficient (Wildman–Crippen LogP) is 1.18. The van der Waals surface area contributed by atoms with Crippen molar-refractivity contribution in [2.75, 3.05) is 20.1 Å². The van der Waals surface area contributed by atoms with Gasteiger partial charge in [0, 0.05) is 13.1 Å². The number of benzene rings is 1.